The van der Waals surface area contributed by atoms with Crippen LogP contribution in [-0.4, -0.2) is 24.8 Å². The number of epoxide rings is 1. The van der Waals surface area contributed by atoms with Gasteiger partial charge in [-0.2, -0.15) is 0 Å². The van der Waals surface area contributed by atoms with E-state index in [1.54, 1.807) is 0 Å². The number of hydrogen-bond acceptors (Lipinski definition) is 3. The molecule has 1 aliphatic carbocycles. The van der Waals surface area contributed by atoms with Gasteiger partial charge >= 0.3 is 5.97 Å². The highest BCUT2D eigenvalue weighted by atomic mass is 16.6. The van der Waals surface area contributed by atoms with Crippen molar-refractivity contribution in [2.75, 3.05) is 6.61 Å². The molecule has 3 nitrogen and oxygen atoms in total. The Kier molecular flexibility index (Phi) is 2.28. The highest BCUT2D eigenvalue weighted by molar-refractivity contribution is 5.65. The third-order valence-electron chi connectivity index (χ3n) is 3.13. The van der Waals surface area contributed by atoms with Gasteiger partial charge in [0.2, 0.25) is 0 Å². The third-order valence-corrected chi connectivity index (χ3v) is 3.13. The summed E-state index contributed by atoms with van der Waals surface area (Å²) in [5.74, 6) is 0.960. The van der Waals surface area contributed by atoms with Crippen LogP contribution in [0.15, 0.2) is 0 Å². The highest BCUT2D eigenvalue weighted by Crippen LogP contribution is 2.42. The van der Waals surface area contributed by atoms with E-state index in [1.165, 1.54) is 6.92 Å². The van der Waals surface area contributed by atoms with Crippen molar-refractivity contribution in [3.8, 4) is 0 Å². The summed E-state index contributed by atoms with van der Waals surface area (Å²) in [4.78, 5) is 10.6. The second-order valence-electron chi connectivity index (χ2n) is 4.22. The molecule has 0 aromatic heterocycles. The monoisotopic (exact) mass is 184 g/mol. The molecule has 1 aliphatic heterocycles. The Morgan fingerprint density at radius 2 is 2.15 bits per heavy atom. The van der Waals surface area contributed by atoms with Crippen LogP contribution < -0.4 is 0 Å². The Morgan fingerprint density at radius 3 is 2.85 bits per heavy atom. The Bertz CT molecular complexity index is 214. The molecule has 0 aromatic carbocycles. The van der Waals surface area contributed by atoms with E-state index >= 15 is 0 Å². The lowest BCUT2D eigenvalue weighted by molar-refractivity contribution is -0.143. The van der Waals surface area contributed by atoms with Crippen molar-refractivity contribution in [2.45, 2.75) is 38.9 Å². The highest BCUT2D eigenvalue weighted by Gasteiger charge is 2.46. The van der Waals surface area contributed by atoms with E-state index in [0.717, 1.165) is 12.8 Å². The average Bonchev–Trinajstić information content (AvgIpc) is 2.77. The fourth-order valence-electron chi connectivity index (χ4n) is 2.14. The van der Waals surface area contributed by atoms with Gasteiger partial charge < -0.3 is 9.47 Å². The van der Waals surface area contributed by atoms with Crippen LogP contribution in [-0.2, 0) is 14.3 Å². The minimum Gasteiger partial charge on any atom is -0.466 e. The molecule has 0 radical (unpaired) electrons. The lowest BCUT2D eigenvalue weighted by Gasteiger charge is -2.25. The zero-order valence-corrected chi connectivity index (χ0v) is 8.16. The summed E-state index contributed by atoms with van der Waals surface area (Å²) in [5, 5.41) is 0. The minimum absolute atomic E-state index is 0.175. The molecule has 2 rings (SSSR count). The number of esters is 1. The van der Waals surface area contributed by atoms with Gasteiger partial charge in [0, 0.05) is 6.92 Å². The van der Waals surface area contributed by atoms with E-state index in [0.29, 0.717) is 30.7 Å². The SMILES string of the molecule is CC(=O)OC[C@H]1C[C@H]2O[C@@H]2C[C@H]1C. The fraction of sp³-hybridized carbons (Fsp3) is 0.900. The smallest absolute Gasteiger partial charge is 0.302 e. The summed E-state index contributed by atoms with van der Waals surface area (Å²) in [6, 6.07) is 0. The molecule has 1 heterocycles. The molecule has 2 fully saturated rings. The molecule has 74 valence electrons. The van der Waals surface area contributed by atoms with Crippen molar-refractivity contribution < 1.29 is 14.3 Å². The van der Waals surface area contributed by atoms with E-state index in [-0.39, 0.29) is 5.97 Å². The van der Waals surface area contributed by atoms with E-state index in [9.17, 15) is 4.79 Å². The second kappa shape index (κ2) is 3.29. The van der Waals surface area contributed by atoms with E-state index in [4.69, 9.17) is 9.47 Å². The Morgan fingerprint density at radius 1 is 1.46 bits per heavy atom. The summed E-state index contributed by atoms with van der Waals surface area (Å²) >= 11 is 0. The Balaban J connectivity index is 1.80. The maximum absolute atomic E-state index is 10.6. The van der Waals surface area contributed by atoms with Gasteiger partial charge in [-0.15, -0.1) is 0 Å². The van der Waals surface area contributed by atoms with E-state index in [1.807, 2.05) is 0 Å². The third kappa shape index (κ3) is 2.02. The van der Waals surface area contributed by atoms with Gasteiger partial charge in [0.05, 0.1) is 18.8 Å². The minimum atomic E-state index is -0.175. The standard InChI is InChI=1S/C10H16O3/c1-6-3-9-10(13-9)4-8(6)5-12-7(2)11/h6,8-10H,3-5H2,1-2H3/t6-,8-,9-,10-/m1/s1. The molecule has 0 amide bonds. The van der Waals surface area contributed by atoms with E-state index in [2.05, 4.69) is 6.92 Å². The maximum atomic E-state index is 10.6. The number of hydrogen-bond donors (Lipinski definition) is 0. The lowest BCUT2D eigenvalue weighted by atomic mass is 9.81. The van der Waals surface area contributed by atoms with Crippen molar-refractivity contribution in [3.63, 3.8) is 0 Å². The van der Waals surface area contributed by atoms with Crippen molar-refractivity contribution in [1.29, 1.82) is 0 Å². The summed E-state index contributed by atoms with van der Waals surface area (Å²) < 4.78 is 10.5. The number of fused-ring (bicyclic) bond motifs is 1. The Hall–Kier alpha value is -0.570. The lowest BCUT2D eigenvalue weighted by Crippen LogP contribution is -2.26. The normalized spacial score (nSPS) is 42.3. The van der Waals surface area contributed by atoms with Crippen LogP contribution in [0.5, 0.6) is 0 Å². The summed E-state index contributed by atoms with van der Waals surface area (Å²) in [6.45, 7) is 4.25. The second-order valence-corrected chi connectivity index (χ2v) is 4.22. The van der Waals surface area contributed by atoms with Gasteiger partial charge in [-0.3, -0.25) is 4.79 Å². The first-order valence-corrected chi connectivity index (χ1v) is 4.95. The zero-order chi connectivity index (χ0) is 9.42. The number of rotatable bonds is 2. The molecule has 0 aromatic rings. The molecule has 2 aliphatic rings. The fourth-order valence-corrected chi connectivity index (χ4v) is 2.14. The van der Waals surface area contributed by atoms with Gasteiger partial charge in [0.25, 0.3) is 0 Å². The van der Waals surface area contributed by atoms with Crippen LogP contribution in [0.3, 0.4) is 0 Å². The van der Waals surface area contributed by atoms with Crippen molar-refractivity contribution in [3.05, 3.63) is 0 Å². The van der Waals surface area contributed by atoms with Gasteiger partial charge in [-0.25, -0.2) is 0 Å². The molecule has 0 bridgehead atoms. The number of ether oxygens (including phenoxy) is 2. The molecule has 1 saturated heterocycles. The molecule has 0 unspecified atom stereocenters. The van der Waals surface area contributed by atoms with Crippen molar-refractivity contribution in [2.24, 2.45) is 11.8 Å². The van der Waals surface area contributed by atoms with Gasteiger partial charge in [0.15, 0.2) is 0 Å². The summed E-state index contributed by atoms with van der Waals surface area (Å²) in [6.07, 6.45) is 3.19. The van der Waals surface area contributed by atoms with Gasteiger partial charge in [0.1, 0.15) is 0 Å². The molecule has 3 heteroatoms. The molecule has 4 atom stereocenters. The van der Waals surface area contributed by atoms with Crippen LogP contribution >= 0.6 is 0 Å². The van der Waals surface area contributed by atoms with Crippen molar-refractivity contribution >= 4 is 5.97 Å². The van der Waals surface area contributed by atoms with Gasteiger partial charge in [-0.05, 0) is 24.7 Å². The van der Waals surface area contributed by atoms with Crippen LogP contribution in [0.2, 0.25) is 0 Å². The Labute approximate surface area is 78.4 Å². The topological polar surface area (TPSA) is 38.8 Å². The maximum Gasteiger partial charge on any atom is 0.302 e. The summed E-state index contributed by atoms with van der Waals surface area (Å²) in [5.41, 5.74) is 0. The predicted octanol–water partition coefficient (Wildman–Crippen LogP) is 1.36. The average molecular weight is 184 g/mol. The van der Waals surface area contributed by atoms with Crippen LogP contribution in [0.25, 0.3) is 0 Å². The predicted molar refractivity (Wildman–Crippen MR) is 47.2 cm³/mol. The first-order valence-electron chi connectivity index (χ1n) is 4.95. The van der Waals surface area contributed by atoms with Crippen molar-refractivity contribution in [1.82, 2.24) is 0 Å². The molecule has 0 N–H and O–H groups in total. The van der Waals surface area contributed by atoms with Crippen LogP contribution in [0, 0.1) is 11.8 Å². The molecule has 1 saturated carbocycles. The van der Waals surface area contributed by atoms with Crippen LogP contribution in [0.4, 0.5) is 0 Å². The quantitative estimate of drug-likeness (QED) is 0.480. The van der Waals surface area contributed by atoms with Gasteiger partial charge in [-0.1, -0.05) is 6.92 Å². The first kappa shape index (κ1) is 9.00. The summed E-state index contributed by atoms with van der Waals surface area (Å²) in [7, 11) is 0. The molecule has 13 heavy (non-hydrogen) atoms. The first-order chi connectivity index (χ1) is 6.16. The molecular weight excluding hydrogens is 168 g/mol. The number of carbonyl (C=O) groups excluding carboxylic acids is 1. The molecular formula is C10H16O3. The van der Waals surface area contributed by atoms with Crippen LogP contribution in [0.1, 0.15) is 26.7 Å². The zero-order valence-electron chi connectivity index (χ0n) is 8.16. The largest absolute Gasteiger partial charge is 0.466 e. The molecule has 0 spiro atoms. The number of carbonyl (C=O) groups is 1. The van der Waals surface area contributed by atoms with E-state index < -0.39 is 0 Å².